The lowest BCUT2D eigenvalue weighted by molar-refractivity contribution is 0.226. The average Bonchev–Trinajstić information content (AvgIpc) is 3.20. The van der Waals surface area contributed by atoms with Gasteiger partial charge in [0.15, 0.2) is 0 Å². The fourth-order valence-corrected chi connectivity index (χ4v) is 5.09. The van der Waals surface area contributed by atoms with E-state index < -0.39 is 10.2 Å². The van der Waals surface area contributed by atoms with Gasteiger partial charge in [-0.05, 0) is 37.8 Å². The second kappa shape index (κ2) is 7.01. The fourth-order valence-electron chi connectivity index (χ4n) is 3.38. The molecule has 0 bridgehead atoms. The quantitative estimate of drug-likeness (QED) is 0.816. The minimum atomic E-state index is -3.52. The van der Waals surface area contributed by atoms with Gasteiger partial charge in [0.2, 0.25) is 0 Å². The molecule has 1 aromatic heterocycles. The first-order chi connectivity index (χ1) is 11.1. The third kappa shape index (κ3) is 3.75. The SMILES string of the molecule is N#CCN1CCC(NS(=O)(=O)N2CCCC2c2ccco2)CC1. The summed E-state index contributed by atoms with van der Waals surface area (Å²) in [5.41, 5.74) is 0. The van der Waals surface area contributed by atoms with E-state index in [1.54, 1.807) is 12.3 Å². The first-order valence-electron chi connectivity index (χ1n) is 8.02. The predicted octanol–water partition coefficient (Wildman–Crippen LogP) is 1.24. The third-order valence-electron chi connectivity index (χ3n) is 4.58. The van der Waals surface area contributed by atoms with Crippen LogP contribution in [0.15, 0.2) is 22.8 Å². The van der Waals surface area contributed by atoms with Crippen molar-refractivity contribution >= 4 is 10.2 Å². The summed E-state index contributed by atoms with van der Waals surface area (Å²) in [6.45, 7) is 2.44. The smallest absolute Gasteiger partial charge is 0.280 e. The van der Waals surface area contributed by atoms with E-state index in [4.69, 9.17) is 9.68 Å². The topological polar surface area (TPSA) is 89.6 Å². The maximum absolute atomic E-state index is 12.7. The highest BCUT2D eigenvalue weighted by atomic mass is 32.2. The fraction of sp³-hybridized carbons (Fsp3) is 0.667. The summed E-state index contributed by atoms with van der Waals surface area (Å²) in [5.74, 6) is 0.705. The molecule has 1 aromatic rings. The van der Waals surface area contributed by atoms with Gasteiger partial charge in [-0.15, -0.1) is 0 Å². The second-order valence-electron chi connectivity index (χ2n) is 6.12. The number of nitrogens with one attached hydrogen (secondary N) is 1. The molecule has 2 aliphatic heterocycles. The molecule has 0 spiro atoms. The molecule has 2 saturated heterocycles. The Morgan fingerprint density at radius 3 is 2.74 bits per heavy atom. The van der Waals surface area contributed by atoms with Gasteiger partial charge in [-0.3, -0.25) is 4.90 Å². The minimum absolute atomic E-state index is 0.0622. The number of hydrogen-bond donors (Lipinski definition) is 1. The summed E-state index contributed by atoms with van der Waals surface area (Å²) in [6.07, 6.45) is 4.68. The van der Waals surface area contributed by atoms with Crippen LogP contribution in [0.4, 0.5) is 0 Å². The number of hydrogen-bond acceptors (Lipinski definition) is 5. The van der Waals surface area contributed by atoms with Crippen molar-refractivity contribution in [2.24, 2.45) is 0 Å². The summed E-state index contributed by atoms with van der Waals surface area (Å²) >= 11 is 0. The minimum Gasteiger partial charge on any atom is -0.468 e. The Kier molecular flexibility index (Phi) is 5.02. The molecule has 2 fully saturated rings. The summed E-state index contributed by atoms with van der Waals surface area (Å²) in [4.78, 5) is 2.05. The van der Waals surface area contributed by atoms with E-state index in [0.717, 1.165) is 38.8 Å². The summed E-state index contributed by atoms with van der Waals surface area (Å²) in [7, 11) is -3.52. The molecule has 23 heavy (non-hydrogen) atoms. The Morgan fingerprint density at radius 1 is 1.30 bits per heavy atom. The van der Waals surface area contributed by atoms with Crippen LogP contribution in [0.1, 0.15) is 37.5 Å². The number of furan rings is 1. The van der Waals surface area contributed by atoms with E-state index in [9.17, 15) is 8.42 Å². The number of rotatable bonds is 5. The van der Waals surface area contributed by atoms with E-state index in [1.807, 2.05) is 11.0 Å². The first-order valence-corrected chi connectivity index (χ1v) is 9.46. The monoisotopic (exact) mass is 338 g/mol. The Hall–Kier alpha value is -1.40. The van der Waals surface area contributed by atoms with Crippen molar-refractivity contribution in [2.45, 2.75) is 37.8 Å². The lowest BCUT2D eigenvalue weighted by Gasteiger charge is -2.32. The molecule has 1 atom stereocenters. The zero-order valence-electron chi connectivity index (χ0n) is 13.0. The maximum atomic E-state index is 12.7. The van der Waals surface area contributed by atoms with E-state index in [2.05, 4.69) is 10.8 Å². The van der Waals surface area contributed by atoms with Crippen molar-refractivity contribution in [1.29, 1.82) is 5.26 Å². The van der Waals surface area contributed by atoms with Crippen molar-refractivity contribution in [2.75, 3.05) is 26.2 Å². The largest absolute Gasteiger partial charge is 0.468 e. The summed E-state index contributed by atoms with van der Waals surface area (Å²) in [6, 6.07) is 5.49. The number of nitriles is 1. The van der Waals surface area contributed by atoms with Crippen molar-refractivity contribution in [1.82, 2.24) is 13.9 Å². The lowest BCUT2D eigenvalue weighted by atomic mass is 10.1. The molecule has 0 aliphatic carbocycles. The maximum Gasteiger partial charge on any atom is 0.280 e. The van der Waals surface area contributed by atoms with Gasteiger partial charge in [-0.2, -0.15) is 22.7 Å². The zero-order chi connectivity index (χ0) is 16.3. The number of piperidine rings is 1. The summed E-state index contributed by atoms with van der Waals surface area (Å²) < 4.78 is 35.2. The molecule has 3 heterocycles. The molecule has 3 rings (SSSR count). The zero-order valence-corrected chi connectivity index (χ0v) is 13.8. The van der Waals surface area contributed by atoms with Crippen LogP contribution >= 0.6 is 0 Å². The van der Waals surface area contributed by atoms with Crippen LogP contribution in [-0.2, 0) is 10.2 Å². The highest BCUT2D eigenvalue weighted by Crippen LogP contribution is 2.34. The van der Waals surface area contributed by atoms with Gasteiger partial charge in [0.25, 0.3) is 10.2 Å². The van der Waals surface area contributed by atoms with Gasteiger partial charge in [0, 0.05) is 25.7 Å². The summed E-state index contributed by atoms with van der Waals surface area (Å²) in [5, 5.41) is 8.72. The van der Waals surface area contributed by atoms with Gasteiger partial charge < -0.3 is 4.42 Å². The Balaban J connectivity index is 1.62. The van der Waals surface area contributed by atoms with Gasteiger partial charge in [0.1, 0.15) is 5.76 Å². The van der Waals surface area contributed by atoms with Crippen LogP contribution in [0.5, 0.6) is 0 Å². The second-order valence-corrected chi connectivity index (χ2v) is 7.77. The molecule has 126 valence electrons. The van der Waals surface area contributed by atoms with Crippen molar-refractivity contribution < 1.29 is 12.8 Å². The molecule has 0 saturated carbocycles. The molecule has 2 aliphatic rings. The molecule has 8 heteroatoms. The molecule has 1 N–H and O–H groups in total. The van der Waals surface area contributed by atoms with E-state index in [-0.39, 0.29) is 12.1 Å². The standard InChI is InChI=1S/C15H22N4O3S/c16-7-11-18-9-5-13(6-10-18)17-23(20,21)19-8-1-3-14(19)15-4-2-12-22-15/h2,4,12-14,17H,1,3,5-6,8-11H2. The molecule has 0 amide bonds. The Morgan fingerprint density at radius 2 is 2.09 bits per heavy atom. The van der Waals surface area contributed by atoms with Crippen molar-refractivity contribution in [3.8, 4) is 6.07 Å². The van der Waals surface area contributed by atoms with E-state index in [0.29, 0.717) is 18.8 Å². The van der Waals surface area contributed by atoms with Gasteiger partial charge >= 0.3 is 0 Å². The molecule has 0 radical (unpaired) electrons. The highest BCUT2D eigenvalue weighted by molar-refractivity contribution is 7.87. The van der Waals surface area contributed by atoms with Gasteiger partial charge in [-0.1, -0.05) is 0 Å². The molecule has 7 nitrogen and oxygen atoms in total. The van der Waals surface area contributed by atoms with Crippen molar-refractivity contribution in [3.63, 3.8) is 0 Å². The van der Waals surface area contributed by atoms with Crippen LogP contribution < -0.4 is 4.72 Å². The van der Waals surface area contributed by atoms with Crippen LogP contribution in [0.2, 0.25) is 0 Å². The first kappa shape index (κ1) is 16.5. The molecular weight excluding hydrogens is 316 g/mol. The normalized spacial score (nSPS) is 24.7. The molecule has 1 unspecified atom stereocenters. The van der Waals surface area contributed by atoms with Crippen LogP contribution in [0.25, 0.3) is 0 Å². The highest BCUT2D eigenvalue weighted by Gasteiger charge is 2.38. The van der Waals surface area contributed by atoms with Gasteiger partial charge in [0.05, 0.1) is 24.9 Å². The van der Waals surface area contributed by atoms with Crippen molar-refractivity contribution in [3.05, 3.63) is 24.2 Å². The number of likely N-dealkylation sites (tertiary alicyclic amines) is 1. The Labute approximate surface area is 137 Å². The third-order valence-corrected chi connectivity index (χ3v) is 6.27. The lowest BCUT2D eigenvalue weighted by Crippen LogP contribution is -2.49. The van der Waals surface area contributed by atoms with Gasteiger partial charge in [-0.25, -0.2) is 0 Å². The van der Waals surface area contributed by atoms with Crippen LogP contribution in [-0.4, -0.2) is 49.8 Å². The molecule has 0 aromatic carbocycles. The van der Waals surface area contributed by atoms with Crippen LogP contribution in [0, 0.1) is 11.3 Å². The van der Waals surface area contributed by atoms with E-state index in [1.165, 1.54) is 4.31 Å². The average molecular weight is 338 g/mol. The van der Waals surface area contributed by atoms with E-state index >= 15 is 0 Å². The Bertz CT molecular complexity index is 645. The predicted molar refractivity (Wildman–Crippen MR) is 84.5 cm³/mol. The molecular formula is C15H22N4O3S. The van der Waals surface area contributed by atoms with Crippen LogP contribution in [0.3, 0.4) is 0 Å². The number of nitrogens with zero attached hydrogens (tertiary/aromatic N) is 3.